The van der Waals surface area contributed by atoms with E-state index in [1.165, 1.54) is 0 Å². The summed E-state index contributed by atoms with van der Waals surface area (Å²) in [7, 11) is 0. The molecule has 0 spiro atoms. The summed E-state index contributed by atoms with van der Waals surface area (Å²) in [5, 5.41) is 5.35. The second-order valence-electron chi connectivity index (χ2n) is 4.26. The SMILES string of the molecule is CCC(C)NC(=O)CCNC(=O)Oc1ccccc1. The number of rotatable bonds is 6. The summed E-state index contributed by atoms with van der Waals surface area (Å²) in [6, 6.07) is 8.93. The topological polar surface area (TPSA) is 67.4 Å². The number of amides is 2. The zero-order valence-corrected chi connectivity index (χ0v) is 11.3. The van der Waals surface area contributed by atoms with Gasteiger partial charge in [-0.15, -0.1) is 0 Å². The number of carbonyl (C=O) groups is 2. The number of para-hydroxylation sites is 1. The monoisotopic (exact) mass is 264 g/mol. The fourth-order valence-electron chi connectivity index (χ4n) is 1.36. The van der Waals surface area contributed by atoms with Gasteiger partial charge in [0, 0.05) is 19.0 Å². The Morgan fingerprint density at radius 1 is 1.26 bits per heavy atom. The molecule has 0 radical (unpaired) electrons. The van der Waals surface area contributed by atoms with Crippen molar-refractivity contribution in [3.8, 4) is 5.75 Å². The van der Waals surface area contributed by atoms with Crippen molar-refractivity contribution in [3.63, 3.8) is 0 Å². The summed E-state index contributed by atoms with van der Waals surface area (Å²) in [6.45, 7) is 4.20. The lowest BCUT2D eigenvalue weighted by Crippen LogP contribution is -2.35. The average molecular weight is 264 g/mol. The molecule has 1 aromatic carbocycles. The second kappa shape index (κ2) is 8.13. The number of benzene rings is 1. The van der Waals surface area contributed by atoms with Gasteiger partial charge in [0.05, 0.1) is 0 Å². The van der Waals surface area contributed by atoms with E-state index in [0.29, 0.717) is 5.75 Å². The molecular weight excluding hydrogens is 244 g/mol. The third kappa shape index (κ3) is 6.45. The third-order valence-electron chi connectivity index (χ3n) is 2.59. The van der Waals surface area contributed by atoms with Crippen LogP contribution >= 0.6 is 0 Å². The van der Waals surface area contributed by atoms with Crippen molar-refractivity contribution in [2.75, 3.05) is 6.54 Å². The van der Waals surface area contributed by atoms with E-state index in [0.717, 1.165) is 6.42 Å². The van der Waals surface area contributed by atoms with E-state index in [4.69, 9.17) is 4.74 Å². The second-order valence-corrected chi connectivity index (χ2v) is 4.26. The number of nitrogens with one attached hydrogen (secondary N) is 2. The maximum atomic E-state index is 11.4. The predicted molar refractivity (Wildman–Crippen MR) is 73.0 cm³/mol. The Balaban J connectivity index is 2.19. The van der Waals surface area contributed by atoms with Crippen LogP contribution in [-0.4, -0.2) is 24.6 Å². The first-order chi connectivity index (χ1) is 9.11. The average Bonchev–Trinajstić information content (AvgIpc) is 2.39. The highest BCUT2D eigenvalue weighted by Gasteiger charge is 2.07. The van der Waals surface area contributed by atoms with Gasteiger partial charge in [-0.1, -0.05) is 25.1 Å². The van der Waals surface area contributed by atoms with Gasteiger partial charge in [0.25, 0.3) is 0 Å². The minimum absolute atomic E-state index is 0.0747. The molecule has 0 fully saturated rings. The van der Waals surface area contributed by atoms with Crippen molar-refractivity contribution in [1.82, 2.24) is 10.6 Å². The Bertz CT molecular complexity index is 406. The fourth-order valence-corrected chi connectivity index (χ4v) is 1.36. The minimum atomic E-state index is -0.553. The van der Waals surface area contributed by atoms with Crippen molar-refractivity contribution < 1.29 is 14.3 Å². The highest BCUT2D eigenvalue weighted by molar-refractivity contribution is 5.77. The molecule has 5 nitrogen and oxygen atoms in total. The largest absolute Gasteiger partial charge is 0.412 e. The molecule has 2 N–H and O–H groups in total. The first-order valence-corrected chi connectivity index (χ1v) is 6.42. The molecule has 0 aliphatic rings. The Hall–Kier alpha value is -2.04. The van der Waals surface area contributed by atoms with Gasteiger partial charge in [0.2, 0.25) is 5.91 Å². The first kappa shape index (κ1) is 15.0. The van der Waals surface area contributed by atoms with E-state index in [2.05, 4.69) is 10.6 Å². The molecule has 0 aliphatic heterocycles. The molecule has 0 bridgehead atoms. The van der Waals surface area contributed by atoms with Gasteiger partial charge >= 0.3 is 6.09 Å². The third-order valence-corrected chi connectivity index (χ3v) is 2.59. The molecular formula is C14H20N2O3. The Labute approximate surface area is 113 Å². The van der Waals surface area contributed by atoms with Crippen LogP contribution in [0.3, 0.4) is 0 Å². The number of hydrogen-bond donors (Lipinski definition) is 2. The lowest BCUT2D eigenvalue weighted by Gasteiger charge is -2.11. The van der Waals surface area contributed by atoms with Gasteiger partial charge in [0.15, 0.2) is 0 Å². The maximum absolute atomic E-state index is 11.4. The molecule has 0 heterocycles. The summed E-state index contributed by atoms with van der Waals surface area (Å²) < 4.78 is 5.02. The lowest BCUT2D eigenvalue weighted by atomic mass is 10.2. The molecule has 0 saturated carbocycles. The Morgan fingerprint density at radius 3 is 2.58 bits per heavy atom. The summed E-state index contributed by atoms with van der Waals surface area (Å²) in [5.74, 6) is 0.401. The van der Waals surface area contributed by atoms with Crippen LogP contribution in [-0.2, 0) is 4.79 Å². The molecule has 19 heavy (non-hydrogen) atoms. The molecule has 1 rings (SSSR count). The number of ether oxygens (including phenoxy) is 1. The maximum Gasteiger partial charge on any atom is 0.412 e. The van der Waals surface area contributed by atoms with Gasteiger partial charge in [-0.3, -0.25) is 4.79 Å². The fraction of sp³-hybridized carbons (Fsp3) is 0.429. The van der Waals surface area contributed by atoms with Gasteiger partial charge < -0.3 is 15.4 Å². The quantitative estimate of drug-likeness (QED) is 0.826. The van der Waals surface area contributed by atoms with Gasteiger partial charge in [-0.2, -0.15) is 0 Å². The van der Waals surface area contributed by atoms with Crippen molar-refractivity contribution in [2.45, 2.75) is 32.7 Å². The summed E-state index contributed by atoms with van der Waals surface area (Å²) in [4.78, 5) is 22.9. The highest BCUT2D eigenvalue weighted by atomic mass is 16.6. The van der Waals surface area contributed by atoms with E-state index < -0.39 is 6.09 Å². The molecule has 1 aromatic rings. The van der Waals surface area contributed by atoms with Crippen molar-refractivity contribution >= 4 is 12.0 Å². The lowest BCUT2D eigenvalue weighted by molar-refractivity contribution is -0.121. The normalized spacial score (nSPS) is 11.5. The van der Waals surface area contributed by atoms with Crippen LogP contribution in [0.25, 0.3) is 0 Å². The van der Waals surface area contributed by atoms with E-state index in [-0.39, 0.29) is 24.9 Å². The van der Waals surface area contributed by atoms with E-state index in [9.17, 15) is 9.59 Å². The van der Waals surface area contributed by atoms with Crippen LogP contribution in [0.1, 0.15) is 26.7 Å². The molecule has 2 amide bonds. The standard InChI is InChI=1S/C14H20N2O3/c1-3-11(2)16-13(17)9-10-15-14(18)19-12-7-5-4-6-8-12/h4-8,11H,3,9-10H2,1-2H3,(H,15,18)(H,16,17). The van der Waals surface area contributed by atoms with Crippen LogP contribution < -0.4 is 15.4 Å². The molecule has 5 heteroatoms. The Kier molecular flexibility index (Phi) is 6.43. The highest BCUT2D eigenvalue weighted by Crippen LogP contribution is 2.07. The van der Waals surface area contributed by atoms with Crippen molar-refractivity contribution in [1.29, 1.82) is 0 Å². The van der Waals surface area contributed by atoms with Gasteiger partial charge in [-0.05, 0) is 25.5 Å². The first-order valence-electron chi connectivity index (χ1n) is 6.42. The van der Waals surface area contributed by atoms with Crippen molar-refractivity contribution in [3.05, 3.63) is 30.3 Å². The molecule has 0 aromatic heterocycles. The van der Waals surface area contributed by atoms with E-state index >= 15 is 0 Å². The molecule has 1 atom stereocenters. The minimum Gasteiger partial charge on any atom is -0.410 e. The zero-order valence-electron chi connectivity index (χ0n) is 11.3. The molecule has 104 valence electrons. The van der Waals surface area contributed by atoms with Gasteiger partial charge in [-0.25, -0.2) is 4.79 Å². The summed E-state index contributed by atoms with van der Waals surface area (Å²) >= 11 is 0. The number of carbonyl (C=O) groups excluding carboxylic acids is 2. The van der Waals surface area contributed by atoms with Crippen LogP contribution in [0.5, 0.6) is 5.75 Å². The predicted octanol–water partition coefficient (Wildman–Crippen LogP) is 2.08. The van der Waals surface area contributed by atoms with Crippen LogP contribution in [0, 0.1) is 0 Å². The van der Waals surface area contributed by atoms with Gasteiger partial charge in [0.1, 0.15) is 5.75 Å². The molecule has 1 unspecified atom stereocenters. The zero-order chi connectivity index (χ0) is 14.1. The smallest absolute Gasteiger partial charge is 0.410 e. The van der Waals surface area contributed by atoms with E-state index in [1.54, 1.807) is 24.3 Å². The summed E-state index contributed by atoms with van der Waals surface area (Å²) in [6.07, 6.45) is 0.575. The van der Waals surface area contributed by atoms with Crippen molar-refractivity contribution in [2.24, 2.45) is 0 Å². The molecule has 0 saturated heterocycles. The molecule has 0 aliphatic carbocycles. The number of hydrogen-bond acceptors (Lipinski definition) is 3. The van der Waals surface area contributed by atoms with Crippen LogP contribution in [0.4, 0.5) is 4.79 Å². The van der Waals surface area contributed by atoms with Crippen LogP contribution in [0.15, 0.2) is 30.3 Å². The summed E-state index contributed by atoms with van der Waals surface area (Å²) in [5.41, 5.74) is 0. The van der Waals surface area contributed by atoms with Crippen LogP contribution in [0.2, 0.25) is 0 Å². The van der Waals surface area contributed by atoms with E-state index in [1.807, 2.05) is 19.9 Å². The Morgan fingerprint density at radius 2 is 1.95 bits per heavy atom.